The average molecular weight is 300 g/mol. The van der Waals surface area contributed by atoms with Crippen molar-refractivity contribution in [2.75, 3.05) is 7.11 Å². The standard InChI is InChI=1S/C17H20N2O3/c1-12(13-5-7-15(22-2)8-6-13)17(18,10-16(20)21)14-4-3-9-19-11-14/h3-9,11-12H,10,18H2,1-2H3,(H,20,21)/t12-,17-/m0/s1. The molecule has 0 spiro atoms. The molecule has 116 valence electrons. The number of benzene rings is 1. The largest absolute Gasteiger partial charge is 0.497 e. The summed E-state index contributed by atoms with van der Waals surface area (Å²) in [5.41, 5.74) is 7.14. The first-order valence-corrected chi connectivity index (χ1v) is 7.02. The second kappa shape index (κ2) is 6.58. The molecule has 2 rings (SSSR count). The van der Waals surface area contributed by atoms with E-state index >= 15 is 0 Å². The first kappa shape index (κ1) is 16.0. The van der Waals surface area contributed by atoms with Gasteiger partial charge in [0.05, 0.1) is 19.1 Å². The Morgan fingerprint density at radius 3 is 2.55 bits per heavy atom. The molecule has 22 heavy (non-hydrogen) atoms. The molecule has 0 amide bonds. The third kappa shape index (κ3) is 3.26. The van der Waals surface area contributed by atoms with Crippen LogP contribution in [0.1, 0.15) is 30.4 Å². The van der Waals surface area contributed by atoms with Gasteiger partial charge in [-0.2, -0.15) is 0 Å². The van der Waals surface area contributed by atoms with Crippen LogP contribution in [0.5, 0.6) is 5.75 Å². The highest BCUT2D eigenvalue weighted by Gasteiger charge is 2.37. The second-order valence-electron chi connectivity index (χ2n) is 5.35. The van der Waals surface area contributed by atoms with Gasteiger partial charge < -0.3 is 15.6 Å². The minimum atomic E-state index is -1.03. The van der Waals surface area contributed by atoms with Gasteiger partial charge in [-0.1, -0.05) is 25.1 Å². The summed E-state index contributed by atoms with van der Waals surface area (Å²) in [6, 6.07) is 11.1. The van der Waals surface area contributed by atoms with E-state index in [2.05, 4.69) is 4.98 Å². The van der Waals surface area contributed by atoms with E-state index in [0.29, 0.717) is 5.56 Å². The van der Waals surface area contributed by atoms with Crippen molar-refractivity contribution in [2.45, 2.75) is 24.8 Å². The van der Waals surface area contributed by atoms with E-state index in [1.54, 1.807) is 25.6 Å². The zero-order valence-electron chi connectivity index (χ0n) is 12.7. The monoisotopic (exact) mass is 300 g/mol. The number of hydrogen-bond acceptors (Lipinski definition) is 4. The molecule has 1 heterocycles. The number of hydrogen-bond donors (Lipinski definition) is 2. The van der Waals surface area contributed by atoms with Gasteiger partial charge in [0.2, 0.25) is 0 Å². The van der Waals surface area contributed by atoms with E-state index < -0.39 is 11.5 Å². The smallest absolute Gasteiger partial charge is 0.305 e. The molecule has 0 aliphatic carbocycles. The highest BCUT2D eigenvalue weighted by Crippen LogP contribution is 2.37. The maximum absolute atomic E-state index is 11.3. The van der Waals surface area contributed by atoms with Gasteiger partial charge in [0.25, 0.3) is 0 Å². The SMILES string of the molecule is COc1ccc([C@H](C)[C@@](N)(CC(=O)O)c2cccnc2)cc1. The van der Waals surface area contributed by atoms with Gasteiger partial charge in [0, 0.05) is 18.3 Å². The number of carboxylic acid groups (broad SMARTS) is 1. The second-order valence-corrected chi connectivity index (χ2v) is 5.35. The number of ether oxygens (including phenoxy) is 1. The van der Waals surface area contributed by atoms with Gasteiger partial charge in [0.1, 0.15) is 5.75 Å². The Labute approximate surface area is 129 Å². The number of carbonyl (C=O) groups is 1. The van der Waals surface area contributed by atoms with Crippen LogP contribution in [0.15, 0.2) is 48.8 Å². The Bertz CT molecular complexity index is 628. The Hall–Kier alpha value is -2.40. The van der Waals surface area contributed by atoms with Crippen LogP contribution in [0.25, 0.3) is 0 Å². The molecule has 0 radical (unpaired) electrons. The van der Waals surface area contributed by atoms with E-state index in [0.717, 1.165) is 11.3 Å². The molecule has 0 saturated heterocycles. The minimum Gasteiger partial charge on any atom is -0.497 e. The van der Waals surface area contributed by atoms with E-state index in [-0.39, 0.29) is 12.3 Å². The van der Waals surface area contributed by atoms with Crippen LogP contribution in [0.3, 0.4) is 0 Å². The van der Waals surface area contributed by atoms with E-state index in [1.165, 1.54) is 0 Å². The van der Waals surface area contributed by atoms with Crippen molar-refractivity contribution < 1.29 is 14.6 Å². The Kier molecular flexibility index (Phi) is 4.78. The highest BCUT2D eigenvalue weighted by molar-refractivity contribution is 5.69. The fourth-order valence-electron chi connectivity index (χ4n) is 2.58. The van der Waals surface area contributed by atoms with Crippen LogP contribution < -0.4 is 10.5 Å². The number of aromatic nitrogens is 1. The topological polar surface area (TPSA) is 85.4 Å². The first-order valence-electron chi connectivity index (χ1n) is 7.02. The van der Waals surface area contributed by atoms with E-state index in [1.807, 2.05) is 37.3 Å². The molecule has 0 unspecified atom stereocenters. The normalized spacial score (nSPS) is 14.9. The van der Waals surface area contributed by atoms with E-state index in [4.69, 9.17) is 10.5 Å². The van der Waals surface area contributed by atoms with Gasteiger partial charge in [-0.25, -0.2) is 0 Å². The number of methoxy groups -OCH3 is 1. The predicted octanol–water partition coefficient (Wildman–Crippen LogP) is 2.52. The fraction of sp³-hybridized carbons (Fsp3) is 0.294. The molecule has 2 aromatic rings. The van der Waals surface area contributed by atoms with Crippen LogP contribution in [0, 0.1) is 0 Å². The fourth-order valence-corrected chi connectivity index (χ4v) is 2.58. The van der Waals surface area contributed by atoms with Crippen LogP contribution in [-0.4, -0.2) is 23.2 Å². The molecule has 1 aromatic heterocycles. The average Bonchev–Trinajstić information content (AvgIpc) is 2.54. The van der Waals surface area contributed by atoms with Gasteiger partial charge in [-0.15, -0.1) is 0 Å². The van der Waals surface area contributed by atoms with Crippen LogP contribution in [-0.2, 0) is 10.3 Å². The van der Waals surface area contributed by atoms with Crippen molar-refractivity contribution in [3.8, 4) is 5.75 Å². The molecule has 5 heteroatoms. The summed E-state index contributed by atoms with van der Waals surface area (Å²) in [6.45, 7) is 1.93. The van der Waals surface area contributed by atoms with Gasteiger partial charge >= 0.3 is 5.97 Å². The van der Waals surface area contributed by atoms with Crippen molar-refractivity contribution in [1.29, 1.82) is 0 Å². The molecule has 3 N–H and O–H groups in total. The number of carboxylic acids is 1. The van der Waals surface area contributed by atoms with Gasteiger partial charge in [-0.05, 0) is 29.3 Å². The maximum Gasteiger partial charge on any atom is 0.305 e. The predicted molar refractivity (Wildman–Crippen MR) is 83.8 cm³/mol. The Balaban J connectivity index is 2.41. The highest BCUT2D eigenvalue weighted by atomic mass is 16.5. The quantitative estimate of drug-likeness (QED) is 0.856. The molecular formula is C17H20N2O3. The van der Waals surface area contributed by atoms with Crippen LogP contribution in [0.4, 0.5) is 0 Å². The molecule has 0 aliphatic heterocycles. The summed E-state index contributed by atoms with van der Waals surface area (Å²) >= 11 is 0. The summed E-state index contributed by atoms with van der Waals surface area (Å²) in [6.07, 6.45) is 3.09. The lowest BCUT2D eigenvalue weighted by Crippen LogP contribution is -2.43. The lowest BCUT2D eigenvalue weighted by atomic mass is 9.74. The molecule has 0 saturated carbocycles. The number of rotatable bonds is 6. The van der Waals surface area contributed by atoms with Crippen molar-refractivity contribution in [3.05, 3.63) is 59.9 Å². The van der Waals surface area contributed by atoms with Crippen LogP contribution in [0.2, 0.25) is 0 Å². The first-order chi connectivity index (χ1) is 10.5. The molecule has 5 nitrogen and oxygen atoms in total. The lowest BCUT2D eigenvalue weighted by molar-refractivity contribution is -0.138. The summed E-state index contributed by atoms with van der Waals surface area (Å²) in [7, 11) is 1.60. The maximum atomic E-state index is 11.3. The molecule has 1 aromatic carbocycles. The summed E-state index contributed by atoms with van der Waals surface area (Å²) in [5.74, 6) is -0.386. The summed E-state index contributed by atoms with van der Waals surface area (Å²) in [5, 5.41) is 9.27. The Morgan fingerprint density at radius 1 is 1.36 bits per heavy atom. The van der Waals surface area contributed by atoms with E-state index in [9.17, 15) is 9.90 Å². The zero-order chi connectivity index (χ0) is 16.2. The molecule has 0 aliphatic rings. The summed E-state index contributed by atoms with van der Waals surface area (Å²) < 4.78 is 5.15. The number of nitrogens with zero attached hydrogens (tertiary/aromatic N) is 1. The third-order valence-electron chi connectivity index (χ3n) is 4.03. The molecule has 2 atom stereocenters. The number of pyridine rings is 1. The van der Waals surface area contributed by atoms with Crippen LogP contribution >= 0.6 is 0 Å². The van der Waals surface area contributed by atoms with Gasteiger partial charge in [0.15, 0.2) is 0 Å². The molecule has 0 bridgehead atoms. The molecule has 0 fully saturated rings. The minimum absolute atomic E-state index is 0.175. The Morgan fingerprint density at radius 2 is 2.05 bits per heavy atom. The lowest BCUT2D eigenvalue weighted by Gasteiger charge is -2.35. The third-order valence-corrected chi connectivity index (χ3v) is 4.03. The number of nitrogens with two attached hydrogens (primary N) is 1. The summed E-state index contributed by atoms with van der Waals surface area (Å²) in [4.78, 5) is 15.4. The zero-order valence-corrected chi connectivity index (χ0v) is 12.7. The number of aliphatic carboxylic acids is 1. The molecular weight excluding hydrogens is 280 g/mol. The van der Waals surface area contributed by atoms with Crippen molar-refractivity contribution in [3.63, 3.8) is 0 Å². The van der Waals surface area contributed by atoms with Gasteiger partial charge in [-0.3, -0.25) is 9.78 Å². The van der Waals surface area contributed by atoms with Crippen molar-refractivity contribution in [2.24, 2.45) is 5.73 Å². The van der Waals surface area contributed by atoms with Crippen molar-refractivity contribution in [1.82, 2.24) is 4.98 Å². The van der Waals surface area contributed by atoms with Crippen molar-refractivity contribution >= 4 is 5.97 Å².